The number of carbonyl (C=O) groups excluding carboxylic acids is 1. The Morgan fingerprint density at radius 1 is 1.14 bits per heavy atom. The Hall–Kier alpha value is -2.22. The summed E-state index contributed by atoms with van der Waals surface area (Å²) >= 11 is 5.97. The number of benzene rings is 1. The van der Waals surface area contributed by atoms with E-state index in [1.54, 1.807) is 0 Å². The van der Waals surface area contributed by atoms with Crippen molar-refractivity contribution in [1.29, 1.82) is 0 Å². The number of nitro benzene ring substituents is 1. The van der Waals surface area contributed by atoms with E-state index in [1.165, 1.54) is 0 Å². The first kappa shape index (κ1) is 16.2. The molecular formula is C13H12ClF2N3O3. The molecule has 1 amide bonds. The molecule has 2 rings (SSSR count). The normalized spacial score (nSPS) is 19.5. The molecule has 0 bridgehead atoms. The summed E-state index contributed by atoms with van der Waals surface area (Å²) < 4.78 is 27.8. The zero-order valence-electron chi connectivity index (χ0n) is 11.3. The molecule has 0 saturated carbocycles. The number of nitrogens with one attached hydrogen (secondary N) is 2. The second-order valence-corrected chi connectivity index (χ2v) is 5.00. The molecule has 0 atom stereocenters. The van der Waals surface area contributed by atoms with E-state index in [2.05, 4.69) is 10.6 Å². The van der Waals surface area contributed by atoms with E-state index in [0.717, 1.165) is 6.42 Å². The predicted molar refractivity (Wildman–Crippen MR) is 76.0 cm³/mol. The summed E-state index contributed by atoms with van der Waals surface area (Å²) in [4.78, 5) is 21.7. The van der Waals surface area contributed by atoms with Gasteiger partial charge in [0.1, 0.15) is 11.0 Å². The topological polar surface area (TPSA) is 84.3 Å². The van der Waals surface area contributed by atoms with Crippen molar-refractivity contribution in [3.63, 3.8) is 0 Å². The first-order valence-electron chi connectivity index (χ1n) is 6.47. The van der Waals surface area contributed by atoms with E-state index < -0.39 is 33.7 Å². The van der Waals surface area contributed by atoms with Crippen LogP contribution < -0.4 is 10.6 Å². The van der Waals surface area contributed by atoms with Crippen LogP contribution in [0.15, 0.2) is 17.3 Å². The van der Waals surface area contributed by atoms with E-state index in [4.69, 9.17) is 11.6 Å². The summed E-state index contributed by atoms with van der Waals surface area (Å²) in [6.45, 7) is 0.833. The van der Waals surface area contributed by atoms with Crippen LogP contribution in [0.25, 0.3) is 5.57 Å². The SMILES string of the molecule is O=C1NCCCCN/C(Cl)=C\1c1cc(F)c([N+](=O)[O-])cc1F. The van der Waals surface area contributed by atoms with Crippen molar-refractivity contribution < 1.29 is 18.5 Å². The van der Waals surface area contributed by atoms with E-state index in [9.17, 15) is 23.7 Å². The van der Waals surface area contributed by atoms with Crippen molar-refractivity contribution in [2.24, 2.45) is 0 Å². The molecule has 0 saturated heterocycles. The zero-order chi connectivity index (χ0) is 16.3. The van der Waals surface area contributed by atoms with Crippen molar-refractivity contribution in [3.8, 4) is 0 Å². The van der Waals surface area contributed by atoms with Gasteiger partial charge in [-0.1, -0.05) is 11.6 Å². The van der Waals surface area contributed by atoms with E-state index >= 15 is 0 Å². The monoisotopic (exact) mass is 331 g/mol. The molecule has 9 heteroatoms. The molecule has 0 unspecified atom stereocenters. The average molecular weight is 332 g/mol. The Bertz CT molecular complexity index is 664. The van der Waals surface area contributed by atoms with E-state index in [0.29, 0.717) is 31.6 Å². The van der Waals surface area contributed by atoms with Crippen molar-refractivity contribution >= 4 is 28.8 Å². The van der Waals surface area contributed by atoms with Gasteiger partial charge in [-0.25, -0.2) is 4.39 Å². The standard InChI is InChI=1S/C13H12ClF2N3O3/c14-12-11(13(20)18-4-2-1-3-17-12)7-5-9(16)10(19(21)22)6-8(7)15/h5-6,17H,1-4H2,(H,18,20)/b12-11-. The molecule has 1 heterocycles. The third kappa shape index (κ3) is 3.33. The van der Waals surface area contributed by atoms with Crippen molar-refractivity contribution in [1.82, 2.24) is 10.6 Å². The van der Waals surface area contributed by atoms with E-state index in [-0.39, 0.29) is 10.7 Å². The van der Waals surface area contributed by atoms with Crippen molar-refractivity contribution in [2.45, 2.75) is 12.8 Å². The third-order valence-corrected chi connectivity index (χ3v) is 3.44. The molecule has 0 radical (unpaired) electrons. The van der Waals surface area contributed by atoms with Gasteiger partial charge in [0, 0.05) is 18.7 Å². The number of nitrogens with zero attached hydrogens (tertiary/aromatic N) is 1. The summed E-state index contributed by atoms with van der Waals surface area (Å²) in [6, 6.07) is 1.03. The highest BCUT2D eigenvalue weighted by molar-refractivity contribution is 6.39. The third-order valence-electron chi connectivity index (χ3n) is 3.12. The fourth-order valence-corrected chi connectivity index (χ4v) is 2.32. The second-order valence-electron chi connectivity index (χ2n) is 4.62. The van der Waals surface area contributed by atoms with E-state index in [1.807, 2.05) is 0 Å². The maximum atomic E-state index is 14.1. The Labute approximate surface area is 129 Å². The minimum Gasteiger partial charge on any atom is -0.375 e. The zero-order valence-corrected chi connectivity index (χ0v) is 12.0. The number of nitro groups is 1. The number of carbonyl (C=O) groups is 1. The Balaban J connectivity index is 2.55. The molecule has 1 aliphatic heterocycles. The molecule has 2 N–H and O–H groups in total. The summed E-state index contributed by atoms with van der Waals surface area (Å²) in [5.41, 5.74) is -1.72. The smallest absolute Gasteiger partial charge is 0.307 e. The maximum Gasteiger partial charge on any atom is 0.307 e. The number of hydrogen-bond acceptors (Lipinski definition) is 4. The van der Waals surface area contributed by atoms with Gasteiger partial charge < -0.3 is 10.6 Å². The Morgan fingerprint density at radius 2 is 1.77 bits per heavy atom. The number of rotatable bonds is 2. The molecule has 0 aliphatic carbocycles. The molecule has 118 valence electrons. The average Bonchev–Trinajstić information content (AvgIpc) is 2.52. The van der Waals surface area contributed by atoms with Gasteiger partial charge >= 0.3 is 5.69 Å². The first-order valence-corrected chi connectivity index (χ1v) is 6.85. The van der Waals surface area contributed by atoms with Crippen LogP contribution in [0.3, 0.4) is 0 Å². The molecular weight excluding hydrogens is 320 g/mol. The van der Waals surface area contributed by atoms with Gasteiger partial charge in [0.15, 0.2) is 0 Å². The molecule has 0 fully saturated rings. The van der Waals surface area contributed by atoms with Crippen LogP contribution in [0.5, 0.6) is 0 Å². The second kappa shape index (κ2) is 6.69. The van der Waals surface area contributed by atoms with Crippen LogP contribution >= 0.6 is 11.6 Å². The fourth-order valence-electron chi connectivity index (χ4n) is 2.03. The largest absolute Gasteiger partial charge is 0.375 e. The van der Waals surface area contributed by atoms with Crippen LogP contribution in [0.2, 0.25) is 0 Å². The summed E-state index contributed by atoms with van der Waals surface area (Å²) in [5.74, 6) is -3.02. The Kier molecular flexibility index (Phi) is 4.92. The van der Waals surface area contributed by atoms with Gasteiger partial charge in [0.2, 0.25) is 5.82 Å². The van der Waals surface area contributed by atoms with Gasteiger partial charge in [-0.15, -0.1) is 0 Å². The lowest BCUT2D eigenvalue weighted by Crippen LogP contribution is -2.26. The number of hydrogen-bond donors (Lipinski definition) is 2. The van der Waals surface area contributed by atoms with Crippen LogP contribution in [0, 0.1) is 21.7 Å². The fraction of sp³-hybridized carbons (Fsp3) is 0.308. The minimum atomic E-state index is -1.24. The summed E-state index contributed by atoms with van der Waals surface area (Å²) in [7, 11) is 0. The van der Waals surface area contributed by atoms with Gasteiger partial charge in [-0.3, -0.25) is 14.9 Å². The predicted octanol–water partition coefficient (Wildman–Crippen LogP) is 2.28. The molecule has 1 aromatic carbocycles. The molecule has 6 nitrogen and oxygen atoms in total. The van der Waals surface area contributed by atoms with Crippen molar-refractivity contribution in [2.75, 3.05) is 13.1 Å². The number of halogens is 3. The highest BCUT2D eigenvalue weighted by Gasteiger charge is 2.25. The molecule has 1 aromatic rings. The molecule has 1 aliphatic rings. The van der Waals surface area contributed by atoms with Crippen molar-refractivity contribution in [3.05, 3.63) is 44.6 Å². The number of amides is 1. The van der Waals surface area contributed by atoms with Crippen LogP contribution in [0.1, 0.15) is 18.4 Å². The highest BCUT2D eigenvalue weighted by Crippen LogP contribution is 2.29. The summed E-state index contributed by atoms with van der Waals surface area (Å²) in [6.07, 6.45) is 1.44. The quantitative estimate of drug-likeness (QED) is 0.494. The van der Waals surface area contributed by atoms with Crippen LogP contribution in [-0.2, 0) is 4.79 Å². The molecule has 0 aromatic heterocycles. The first-order chi connectivity index (χ1) is 10.4. The summed E-state index contributed by atoms with van der Waals surface area (Å²) in [5, 5.41) is 15.8. The Morgan fingerprint density at radius 3 is 2.41 bits per heavy atom. The maximum absolute atomic E-state index is 14.1. The van der Waals surface area contributed by atoms with Gasteiger partial charge in [-0.2, -0.15) is 4.39 Å². The van der Waals surface area contributed by atoms with Crippen LogP contribution in [-0.4, -0.2) is 23.9 Å². The lowest BCUT2D eigenvalue weighted by Gasteiger charge is -2.12. The molecule has 22 heavy (non-hydrogen) atoms. The lowest BCUT2D eigenvalue weighted by atomic mass is 10.0. The highest BCUT2D eigenvalue weighted by atomic mass is 35.5. The minimum absolute atomic E-state index is 0.133. The van der Waals surface area contributed by atoms with Gasteiger partial charge in [0.05, 0.1) is 16.6 Å². The lowest BCUT2D eigenvalue weighted by molar-refractivity contribution is -0.387. The van der Waals surface area contributed by atoms with Gasteiger partial charge in [-0.05, 0) is 18.9 Å². The molecule has 0 spiro atoms. The van der Waals surface area contributed by atoms with Crippen LogP contribution in [0.4, 0.5) is 14.5 Å². The van der Waals surface area contributed by atoms with Gasteiger partial charge in [0.25, 0.3) is 5.91 Å².